The molecule has 0 heterocycles. The fourth-order valence-electron chi connectivity index (χ4n) is 1.90. The molecule has 0 aromatic heterocycles. The fourth-order valence-corrected chi connectivity index (χ4v) is 1.90. The zero-order valence-corrected chi connectivity index (χ0v) is 12.1. The van der Waals surface area contributed by atoms with Gasteiger partial charge in [-0.3, -0.25) is 4.79 Å². The smallest absolute Gasteiger partial charge is 0.257 e. The first-order valence-corrected chi connectivity index (χ1v) is 6.61. The van der Waals surface area contributed by atoms with Crippen molar-refractivity contribution in [1.82, 2.24) is 0 Å². The van der Waals surface area contributed by atoms with Crippen LogP contribution in [-0.4, -0.2) is 19.6 Å². The van der Waals surface area contributed by atoms with E-state index in [1.807, 2.05) is 19.1 Å². The molecular weight excluding hydrogens is 268 g/mol. The highest BCUT2D eigenvalue weighted by molar-refractivity contribution is 6.07. The number of nitrogen functional groups attached to an aromatic ring is 1. The number of nitrogens with one attached hydrogen (secondary N) is 1. The SMILES string of the molecule is CCOc1cccc(NC(=O)c2ccc(OC)cc2N)c1. The highest BCUT2D eigenvalue weighted by Gasteiger charge is 2.11. The molecule has 21 heavy (non-hydrogen) atoms. The van der Waals surface area contributed by atoms with Crippen LogP contribution in [0.2, 0.25) is 0 Å². The first kappa shape index (κ1) is 14.7. The number of hydrogen-bond acceptors (Lipinski definition) is 4. The van der Waals surface area contributed by atoms with Crippen molar-refractivity contribution in [3.8, 4) is 11.5 Å². The number of anilines is 2. The summed E-state index contributed by atoms with van der Waals surface area (Å²) in [6, 6.07) is 12.2. The van der Waals surface area contributed by atoms with Crippen LogP contribution >= 0.6 is 0 Å². The molecule has 0 bridgehead atoms. The number of amides is 1. The van der Waals surface area contributed by atoms with Gasteiger partial charge in [0.25, 0.3) is 5.91 Å². The molecule has 2 aromatic rings. The van der Waals surface area contributed by atoms with E-state index in [2.05, 4.69) is 5.32 Å². The average molecular weight is 286 g/mol. The van der Waals surface area contributed by atoms with Crippen molar-refractivity contribution in [3.05, 3.63) is 48.0 Å². The van der Waals surface area contributed by atoms with Gasteiger partial charge in [0, 0.05) is 23.5 Å². The van der Waals surface area contributed by atoms with Gasteiger partial charge in [0.05, 0.1) is 19.3 Å². The number of nitrogens with two attached hydrogens (primary N) is 1. The van der Waals surface area contributed by atoms with Crippen molar-refractivity contribution in [3.63, 3.8) is 0 Å². The third-order valence-corrected chi connectivity index (χ3v) is 2.91. The van der Waals surface area contributed by atoms with Gasteiger partial charge in [0.1, 0.15) is 11.5 Å². The number of benzene rings is 2. The Kier molecular flexibility index (Phi) is 4.66. The van der Waals surface area contributed by atoms with Crippen molar-refractivity contribution in [2.24, 2.45) is 0 Å². The van der Waals surface area contributed by atoms with E-state index in [-0.39, 0.29) is 5.91 Å². The molecule has 5 nitrogen and oxygen atoms in total. The van der Waals surface area contributed by atoms with Crippen molar-refractivity contribution in [2.45, 2.75) is 6.92 Å². The number of rotatable bonds is 5. The van der Waals surface area contributed by atoms with Crippen LogP contribution in [0.1, 0.15) is 17.3 Å². The Labute approximate surface area is 123 Å². The minimum Gasteiger partial charge on any atom is -0.497 e. The van der Waals surface area contributed by atoms with Crippen molar-refractivity contribution in [2.75, 3.05) is 24.8 Å². The van der Waals surface area contributed by atoms with E-state index in [4.69, 9.17) is 15.2 Å². The Balaban J connectivity index is 2.16. The lowest BCUT2D eigenvalue weighted by Crippen LogP contribution is -2.14. The van der Waals surface area contributed by atoms with Gasteiger partial charge in [-0.05, 0) is 31.2 Å². The molecule has 0 saturated heterocycles. The van der Waals surface area contributed by atoms with E-state index in [9.17, 15) is 4.79 Å². The van der Waals surface area contributed by atoms with Gasteiger partial charge < -0.3 is 20.5 Å². The minimum absolute atomic E-state index is 0.274. The topological polar surface area (TPSA) is 73.6 Å². The predicted molar refractivity (Wildman–Crippen MR) is 83.0 cm³/mol. The summed E-state index contributed by atoms with van der Waals surface area (Å²) in [5.74, 6) is 1.05. The van der Waals surface area contributed by atoms with Gasteiger partial charge in [0.2, 0.25) is 0 Å². The fraction of sp³-hybridized carbons (Fsp3) is 0.188. The molecule has 0 atom stereocenters. The number of hydrogen-bond donors (Lipinski definition) is 2. The van der Waals surface area contributed by atoms with Crippen LogP contribution in [0.5, 0.6) is 11.5 Å². The summed E-state index contributed by atoms with van der Waals surface area (Å²) in [5, 5.41) is 2.80. The minimum atomic E-state index is -0.274. The third-order valence-electron chi connectivity index (χ3n) is 2.91. The standard InChI is InChI=1S/C16H18N2O3/c1-3-21-13-6-4-5-11(9-13)18-16(19)14-8-7-12(20-2)10-15(14)17/h4-10H,3,17H2,1-2H3,(H,18,19). The van der Waals surface area contributed by atoms with E-state index in [1.54, 1.807) is 37.4 Å². The molecular formula is C16H18N2O3. The molecule has 0 unspecified atom stereocenters. The van der Waals surface area contributed by atoms with Crippen LogP contribution < -0.4 is 20.5 Å². The average Bonchev–Trinajstić information content (AvgIpc) is 2.47. The molecule has 3 N–H and O–H groups in total. The lowest BCUT2D eigenvalue weighted by molar-refractivity contribution is 0.102. The Morgan fingerprint density at radius 3 is 2.67 bits per heavy atom. The van der Waals surface area contributed by atoms with Crippen LogP contribution in [0.3, 0.4) is 0 Å². The summed E-state index contributed by atoms with van der Waals surface area (Å²) < 4.78 is 10.5. The zero-order chi connectivity index (χ0) is 15.2. The maximum atomic E-state index is 12.2. The zero-order valence-electron chi connectivity index (χ0n) is 12.1. The van der Waals surface area contributed by atoms with E-state index < -0.39 is 0 Å². The highest BCUT2D eigenvalue weighted by atomic mass is 16.5. The Morgan fingerprint density at radius 1 is 1.19 bits per heavy atom. The van der Waals surface area contributed by atoms with E-state index >= 15 is 0 Å². The lowest BCUT2D eigenvalue weighted by Gasteiger charge is -2.10. The van der Waals surface area contributed by atoms with Gasteiger partial charge in [-0.2, -0.15) is 0 Å². The van der Waals surface area contributed by atoms with E-state index in [0.717, 1.165) is 0 Å². The van der Waals surface area contributed by atoms with Crippen molar-refractivity contribution >= 4 is 17.3 Å². The summed E-state index contributed by atoms with van der Waals surface area (Å²) in [7, 11) is 1.55. The second-order valence-electron chi connectivity index (χ2n) is 4.37. The first-order valence-electron chi connectivity index (χ1n) is 6.61. The summed E-state index contributed by atoms with van der Waals surface area (Å²) in [6.45, 7) is 2.48. The second kappa shape index (κ2) is 6.65. The number of carbonyl (C=O) groups excluding carboxylic acids is 1. The summed E-state index contributed by atoms with van der Waals surface area (Å²) in [5.41, 5.74) is 7.29. The molecule has 0 aliphatic rings. The molecule has 2 aromatic carbocycles. The molecule has 110 valence electrons. The number of ether oxygens (including phenoxy) is 2. The van der Waals surface area contributed by atoms with Crippen LogP contribution in [0.15, 0.2) is 42.5 Å². The van der Waals surface area contributed by atoms with Gasteiger partial charge in [-0.1, -0.05) is 6.07 Å². The summed E-state index contributed by atoms with van der Waals surface area (Å²) in [6.07, 6.45) is 0. The van der Waals surface area contributed by atoms with Gasteiger partial charge in [0.15, 0.2) is 0 Å². The largest absolute Gasteiger partial charge is 0.497 e. The maximum Gasteiger partial charge on any atom is 0.257 e. The van der Waals surface area contributed by atoms with E-state index in [0.29, 0.717) is 35.0 Å². The molecule has 0 aliphatic heterocycles. The monoisotopic (exact) mass is 286 g/mol. The Bertz CT molecular complexity index is 641. The highest BCUT2D eigenvalue weighted by Crippen LogP contribution is 2.22. The normalized spacial score (nSPS) is 10.0. The first-order chi connectivity index (χ1) is 10.1. The maximum absolute atomic E-state index is 12.2. The molecule has 0 spiro atoms. The molecule has 0 radical (unpaired) electrons. The van der Waals surface area contributed by atoms with Crippen molar-refractivity contribution < 1.29 is 14.3 Å². The van der Waals surface area contributed by atoms with Crippen LogP contribution in [0.4, 0.5) is 11.4 Å². The van der Waals surface area contributed by atoms with Gasteiger partial charge in [-0.25, -0.2) is 0 Å². The van der Waals surface area contributed by atoms with Crippen LogP contribution in [0.25, 0.3) is 0 Å². The van der Waals surface area contributed by atoms with Crippen molar-refractivity contribution in [1.29, 1.82) is 0 Å². The molecule has 0 aliphatic carbocycles. The second-order valence-corrected chi connectivity index (χ2v) is 4.37. The summed E-state index contributed by atoms with van der Waals surface area (Å²) in [4.78, 5) is 12.2. The third kappa shape index (κ3) is 3.66. The molecule has 0 fully saturated rings. The number of carbonyl (C=O) groups is 1. The molecule has 2 rings (SSSR count). The molecule has 1 amide bonds. The Hall–Kier alpha value is -2.69. The number of methoxy groups -OCH3 is 1. The van der Waals surface area contributed by atoms with Crippen LogP contribution in [-0.2, 0) is 0 Å². The Morgan fingerprint density at radius 2 is 2.00 bits per heavy atom. The predicted octanol–water partition coefficient (Wildman–Crippen LogP) is 2.93. The van der Waals surface area contributed by atoms with Crippen LogP contribution in [0, 0.1) is 0 Å². The quantitative estimate of drug-likeness (QED) is 0.829. The molecule has 5 heteroatoms. The van der Waals surface area contributed by atoms with E-state index in [1.165, 1.54) is 0 Å². The lowest BCUT2D eigenvalue weighted by atomic mass is 10.1. The van der Waals surface area contributed by atoms with Gasteiger partial charge in [-0.15, -0.1) is 0 Å². The molecule has 0 saturated carbocycles. The van der Waals surface area contributed by atoms with Gasteiger partial charge >= 0.3 is 0 Å². The summed E-state index contributed by atoms with van der Waals surface area (Å²) >= 11 is 0.